The second-order valence-electron chi connectivity index (χ2n) is 5.84. The van der Waals surface area contributed by atoms with Crippen molar-refractivity contribution in [3.63, 3.8) is 0 Å². The zero-order valence-corrected chi connectivity index (χ0v) is 14.6. The van der Waals surface area contributed by atoms with Crippen molar-refractivity contribution >= 4 is 40.6 Å². The number of aryl methyl sites for hydroxylation is 1. The smallest absolute Gasteiger partial charge is 0.326 e. The van der Waals surface area contributed by atoms with Crippen molar-refractivity contribution in [1.29, 1.82) is 0 Å². The SMILES string of the molecule is CC1NC(=O)N(c2ccccc2NC(=O)CCCc2cccs2)C1=O. The van der Waals surface area contributed by atoms with Gasteiger partial charge < -0.3 is 10.6 Å². The molecule has 2 heterocycles. The summed E-state index contributed by atoms with van der Waals surface area (Å²) >= 11 is 1.68. The molecular weight excluding hydrogens is 338 g/mol. The second-order valence-corrected chi connectivity index (χ2v) is 6.88. The normalized spacial score (nSPS) is 16.8. The molecule has 7 heteroatoms. The number of nitrogens with zero attached hydrogens (tertiary/aromatic N) is 1. The van der Waals surface area contributed by atoms with E-state index in [0.717, 1.165) is 17.7 Å². The zero-order valence-electron chi connectivity index (χ0n) is 13.8. The Kier molecular flexibility index (Phi) is 5.14. The van der Waals surface area contributed by atoms with E-state index in [2.05, 4.69) is 16.7 Å². The van der Waals surface area contributed by atoms with Crippen molar-refractivity contribution in [3.8, 4) is 0 Å². The van der Waals surface area contributed by atoms with Crippen LogP contribution in [0.15, 0.2) is 41.8 Å². The molecular formula is C18H19N3O3S. The Morgan fingerprint density at radius 2 is 2.04 bits per heavy atom. The van der Waals surface area contributed by atoms with Crippen LogP contribution in [0.2, 0.25) is 0 Å². The Labute approximate surface area is 149 Å². The molecule has 130 valence electrons. The molecule has 0 aliphatic carbocycles. The minimum absolute atomic E-state index is 0.135. The van der Waals surface area contributed by atoms with Gasteiger partial charge in [0.1, 0.15) is 6.04 Å². The average Bonchev–Trinajstić information content (AvgIpc) is 3.17. The number of imide groups is 1. The van der Waals surface area contributed by atoms with E-state index in [4.69, 9.17) is 0 Å². The van der Waals surface area contributed by atoms with Gasteiger partial charge in [0.15, 0.2) is 0 Å². The third-order valence-electron chi connectivity index (χ3n) is 3.96. The van der Waals surface area contributed by atoms with Gasteiger partial charge in [0.2, 0.25) is 5.91 Å². The predicted octanol–water partition coefficient (Wildman–Crippen LogP) is 3.15. The lowest BCUT2D eigenvalue weighted by molar-refractivity contribution is -0.118. The Balaban J connectivity index is 1.65. The van der Waals surface area contributed by atoms with E-state index in [0.29, 0.717) is 17.8 Å². The summed E-state index contributed by atoms with van der Waals surface area (Å²) in [7, 11) is 0. The average molecular weight is 357 g/mol. The number of rotatable bonds is 6. The van der Waals surface area contributed by atoms with Gasteiger partial charge in [-0.25, -0.2) is 9.69 Å². The topological polar surface area (TPSA) is 78.5 Å². The van der Waals surface area contributed by atoms with E-state index >= 15 is 0 Å². The molecule has 1 aliphatic heterocycles. The van der Waals surface area contributed by atoms with E-state index in [1.807, 2.05) is 11.4 Å². The highest BCUT2D eigenvalue weighted by molar-refractivity contribution is 7.09. The van der Waals surface area contributed by atoms with Crippen molar-refractivity contribution in [2.24, 2.45) is 0 Å². The van der Waals surface area contributed by atoms with Gasteiger partial charge in [-0.1, -0.05) is 18.2 Å². The fraction of sp³-hybridized carbons (Fsp3) is 0.278. The number of hydrogen-bond donors (Lipinski definition) is 2. The first-order chi connectivity index (χ1) is 12.1. The van der Waals surface area contributed by atoms with Crippen LogP contribution in [-0.2, 0) is 16.0 Å². The van der Waals surface area contributed by atoms with Crippen LogP contribution in [-0.4, -0.2) is 23.9 Å². The van der Waals surface area contributed by atoms with Crippen LogP contribution in [0.4, 0.5) is 16.2 Å². The lowest BCUT2D eigenvalue weighted by atomic mass is 10.2. The molecule has 1 aromatic heterocycles. The Morgan fingerprint density at radius 3 is 2.72 bits per heavy atom. The summed E-state index contributed by atoms with van der Waals surface area (Å²) in [5.41, 5.74) is 0.849. The molecule has 1 unspecified atom stereocenters. The first-order valence-electron chi connectivity index (χ1n) is 8.12. The molecule has 3 rings (SSSR count). The number of benzene rings is 1. The van der Waals surface area contributed by atoms with Gasteiger partial charge in [-0.3, -0.25) is 9.59 Å². The third-order valence-corrected chi connectivity index (χ3v) is 4.90. The van der Waals surface area contributed by atoms with E-state index in [-0.39, 0.29) is 11.8 Å². The molecule has 1 aliphatic rings. The van der Waals surface area contributed by atoms with Gasteiger partial charge >= 0.3 is 6.03 Å². The highest BCUT2D eigenvalue weighted by Gasteiger charge is 2.37. The molecule has 0 radical (unpaired) electrons. The number of urea groups is 1. The van der Waals surface area contributed by atoms with Gasteiger partial charge in [0, 0.05) is 11.3 Å². The maximum atomic E-state index is 12.2. The van der Waals surface area contributed by atoms with E-state index in [9.17, 15) is 14.4 Å². The van der Waals surface area contributed by atoms with Gasteiger partial charge in [0.05, 0.1) is 11.4 Å². The van der Waals surface area contributed by atoms with Gasteiger partial charge in [-0.15, -0.1) is 11.3 Å². The van der Waals surface area contributed by atoms with Crippen LogP contribution < -0.4 is 15.5 Å². The van der Waals surface area contributed by atoms with Crippen LogP contribution >= 0.6 is 11.3 Å². The van der Waals surface area contributed by atoms with Crippen molar-refractivity contribution in [2.45, 2.75) is 32.2 Å². The number of nitrogens with one attached hydrogen (secondary N) is 2. The van der Waals surface area contributed by atoms with Crippen LogP contribution in [0.25, 0.3) is 0 Å². The Hall–Kier alpha value is -2.67. The first kappa shape index (κ1) is 17.2. The summed E-state index contributed by atoms with van der Waals surface area (Å²) in [5, 5.41) is 7.40. The molecule has 0 spiro atoms. The molecule has 1 aromatic carbocycles. The summed E-state index contributed by atoms with van der Waals surface area (Å²) in [5.74, 6) is -0.464. The quantitative estimate of drug-likeness (QED) is 0.780. The van der Waals surface area contributed by atoms with Crippen molar-refractivity contribution < 1.29 is 14.4 Å². The largest absolute Gasteiger partial charge is 0.329 e. The lowest BCUT2D eigenvalue weighted by Gasteiger charge is -2.17. The summed E-state index contributed by atoms with van der Waals surface area (Å²) in [6, 6.07) is 9.83. The minimum atomic E-state index is -0.568. The van der Waals surface area contributed by atoms with Crippen molar-refractivity contribution in [2.75, 3.05) is 10.2 Å². The second kappa shape index (κ2) is 7.48. The first-order valence-corrected chi connectivity index (χ1v) is 9.00. The monoisotopic (exact) mass is 357 g/mol. The van der Waals surface area contributed by atoms with E-state index in [1.54, 1.807) is 42.5 Å². The predicted molar refractivity (Wildman–Crippen MR) is 97.8 cm³/mol. The summed E-state index contributed by atoms with van der Waals surface area (Å²) < 4.78 is 0. The molecule has 0 bridgehead atoms. The lowest BCUT2D eigenvalue weighted by Crippen LogP contribution is -2.32. The third kappa shape index (κ3) is 3.88. The fourth-order valence-electron chi connectivity index (χ4n) is 2.70. The fourth-order valence-corrected chi connectivity index (χ4v) is 3.45. The molecule has 4 amide bonds. The maximum Gasteiger partial charge on any atom is 0.329 e. The van der Waals surface area contributed by atoms with Gasteiger partial charge in [0.25, 0.3) is 5.91 Å². The Morgan fingerprint density at radius 1 is 1.24 bits per heavy atom. The maximum absolute atomic E-state index is 12.2. The summed E-state index contributed by atoms with van der Waals surface area (Å²) in [6.45, 7) is 1.63. The summed E-state index contributed by atoms with van der Waals surface area (Å²) in [4.78, 5) is 38.8. The number of anilines is 2. The molecule has 6 nitrogen and oxygen atoms in total. The highest BCUT2D eigenvalue weighted by atomic mass is 32.1. The van der Waals surface area contributed by atoms with Crippen LogP contribution in [0.3, 0.4) is 0 Å². The van der Waals surface area contributed by atoms with Crippen molar-refractivity contribution in [1.82, 2.24) is 5.32 Å². The molecule has 1 saturated heterocycles. The van der Waals surface area contributed by atoms with Crippen LogP contribution in [0, 0.1) is 0 Å². The van der Waals surface area contributed by atoms with Crippen LogP contribution in [0.5, 0.6) is 0 Å². The number of para-hydroxylation sites is 2. The van der Waals surface area contributed by atoms with E-state index < -0.39 is 12.1 Å². The summed E-state index contributed by atoms with van der Waals surface area (Å²) in [6.07, 6.45) is 1.98. The standard InChI is InChI=1S/C18H19N3O3S/c1-12-17(23)21(18(24)19-12)15-9-3-2-8-14(15)20-16(22)10-4-6-13-7-5-11-25-13/h2-3,5,7-9,11-12H,4,6,10H2,1H3,(H,19,24)(H,20,22). The van der Waals surface area contributed by atoms with Crippen molar-refractivity contribution in [3.05, 3.63) is 46.7 Å². The zero-order chi connectivity index (χ0) is 17.8. The number of carbonyl (C=O) groups is 3. The minimum Gasteiger partial charge on any atom is -0.326 e. The molecule has 0 saturated carbocycles. The highest BCUT2D eigenvalue weighted by Crippen LogP contribution is 2.28. The van der Waals surface area contributed by atoms with Crippen LogP contribution in [0.1, 0.15) is 24.6 Å². The van der Waals surface area contributed by atoms with E-state index in [1.165, 1.54) is 4.88 Å². The number of carbonyl (C=O) groups excluding carboxylic acids is 3. The molecule has 1 atom stereocenters. The Bertz CT molecular complexity index is 789. The molecule has 25 heavy (non-hydrogen) atoms. The number of thiophene rings is 1. The van der Waals surface area contributed by atoms with Gasteiger partial charge in [-0.05, 0) is 43.3 Å². The number of hydrogen-bond acceptors (Lipinski definition) is 4. The molecule has 2 N–H and O–H groups in total. The molecule has 2 aromatic rings. The molecule has 1 fully saturated rings. The number of amides is 4. The van der Waals surface area contributed by atoms with Gasteiger partial charge in [-0.2, -0.15) is 0 Å².